The summed E-state index contributed by atoms with van der Waals surface area (Å²) in [6.45, 7) is 6.09. The van der Waals surface area contributed by atoms with Crippen LogP contribution in [-0.2, 0) is 14.8 Å². The molecule has 7 nitrogen and oxygen atoms in total. The lowest BCUT2D eigenvalue weighted by Gasteiger charge is -2.30. The minimum absolute atomic E-state index is 0.0512. The van der Waals surface area contributed by atoms with Gasteiger partial charge in [0.05, 0.1) is 17.5 Å². The molecule has 0 unspecified atom stereocenters. The van der Waals surface area contributed by atoms with E-state index in [0.29, 0.717) is 17.0 Å². The third-order valence-corrected chi connectivity index (χ3v) is 5.19. The molecule has 3 N–H and O–H groups in total. The molecule has 2 heterocycles. The predicted molar refractivity (Wildman–Crippen MR) is 124 cm³/mol. The summed E-state index contributed by atoms with van der Waals surface area (Å²) in [5, 5.41) is 14.1. The van der Waals surface area contributed by atoms with Crippen molar-refractivity contribution in [3.63, 3.8) is 0 Å². The Bertz CT molecular complexity index is 1190. The fourth-order valence-electron chi connectivity index (χ4n) is 2.97. The van der Waals surface area contributed by atoms with Crippen LogP contribution >= 0.6 is 0 Å². The summed E-state index contributed by atoms with van der Waals surface area (Å²) in [6.07, 6.45) is 11.2. The molecule has 0 spiro atoms. The van der Waals surface area contributed by atoms with Gasteiger partial charge in [0.1, 0.15) is 5.76 Å². The van der Waals surface area contributed by atoms with E-state index in [1.54, 1.807) is 48.6 Å². The molecule has 1 aromatic carbocycles. The van der Waals surface area contributed by atoms with Crippen LogP contribution in [0, 0.1) is 5.41 Å². The van der Waals surface area contributed by atoms with Gasteiger partial charge in [-0.05, 0) is 35.9 Å². The summed E-state index contributed by atoms with van der Waals surface area (Å²) in [6, 6.07) is 6.84. The topological polar surface area (TPSA) is 108 Å². The second kappa shape index (κ2) is 8.39. The lowest BCUT2D eigenvalue weighted by molar-refractivity contribution is -0.114. The zero-order valence-electron chi connectivity index (χ0n) is 17.8. The third-order valence-electron chi connectivity index (χ3n) is 4.59. The molecule has 1 amide bonds. The molecule has 2 aliphatic heterocycles. The summed E-state index contributed by atoms with van der Waals surface area (Å²) < 4.78 is 25.1. The summed E-state index contributed by atoms with van der Waals surface area (Å²) in [5.41, 5.74) is 3.02. The van der Waals surface area contributed by atoms with Crippen molar-refractivity contribution in [1.82, 2.24) is 5.32 Å². The SMILES string of the molecule is CC(C)(C)C1=CC(C=Cc2ccc(NS(C)(=O)=O)cc2)=C(O)C(=C2C=CC=NC2=O)N1. The van der Waals surface area contributed by atoms with Crippen LogP contribution in [0.3, 0.4) is 0 Å². The highest BCUT2D eigenvalue weighted by atomic mass is 32.2. The number of dihydropyridines is 2. The molecule has 1 aromatic rings. The van der Waals surface area contributed by atoms with E-state index < -0.39 is 15.9 Å². The van der Waals surface area contributed by atoms with Crippen molar-refractivity contribution >= 4 is 33.9 Å². The van der Waals surface area contributed by atoms with Crippen molar-refractivity contribution in [1.29, 1.82) is 0 Å². The molecule has 0 bridgehead atoms. The van der Waals surface area contributed by atoms with E-state index in [2.05, 4.69) is 15.0 Å². The van der Waals surface area contributed by atoms with Gasteiger partial charge in [0.2, 0.25) is 10.0 Å². The number of hydrogen-bond acceptors (Lipinski definition) is 5. The van der Waals surface area contributed by atoms with E-state index in [1.165, 1.54) is 6.21 Å². The molecule has 0 saturated carbocycles. The quantitative estimate of drug-likeness (QED) is 0.618. The van der Waals surface area contributed by atoms with Gasteiger partial charge in [-0.3, -0.25) is 9.52 Å². The molecule has 8 heteroatoms. The Balaban J connectivity index is 1.98. The summed E-state index contributed by atoms with van der Waals surface area (Å²) in [4.78, 5) is 16.0. The number of anilines is 1. The Morgan fingerprint density at radius 2 is 1.81 bits per heavy atom. The number of aliphatic imine (C=N–C) groups is 1. The molecular formula is C23H25N3O4S. The molecule has 162 valence electrons. The molecule has 0 aromatic heterocycles. The first kappa shape index (κ1) is 22.3. The minimum atomic E-state index is -3.34. The number of hydrogen-bond donors (Lipinski definition) is 3. The number of carbonyl (C=O) groups is 1. The Labute approximate surface area is 182 Å². The monoisotopic (exact) mass is 439 g/mol. The summed E-state index contributed by atoms with van der Waals surface area (Å²) >= 11 is 0. The number of nitrogens with zero attached hydrogens (tertiary/aromatic N) is 1. The van der Waals surface area contributed by atoms with E-state index in [0.717, 1.165) is 17.5 Å². The van der Waals surface area contributed by atoms with Crippen LogP contribution in [0.1, 0.15) is 26.3 Å². The molecule has 0 fully saturated rings. The van der Waals surface area contributed by atoms with Gasteiger partial charge < -0.3 is 10.4 Å². The maximum atomic E-state index is 12.2. The molecule has 0 saturated heterocycles. The van der Waals surface area contributed by atoms with Gasteiger partial charge in [-0.1, -0.05) is 45.1 Å². The number of nitrogens with one attached hydrogen (secondary N) is 2. The summed E-state index contributed by atoms with van der Waals surface area (Å²) in [7, 11) is -3.34. The fraction of sp³-hybridized carbons (Fsp3) is 0.217. The van der Waals surface area contributed by atoms with Crippen molar-refractivity contribution < 1.29 is 18.3 Å². The Hall–Kier alpha value is -3.39. The number of benzene rings is 1. The van der Waals surface area contributed by atoms with E-state index in [4.69, 9.17) is 0 Å². The summed E-state index contributed by atoms with van der Waals surface area (Å²) in [5.74, 6) is -0.478. The van der Waals surface area contributed by atoms with E-state index in [1.807, 2.05) is 26.8 Å². The van der Waals surface area contributed by atoms with Crippen LogP contribution in [0.4, 0.5) is 5.69 Å². The van der Waals surface area contributed by atoms with E-state index >= 15 is 0 Å². The largest absolute Gasteiger partial charge is 0.505 e. The number of aliphatic hydroxyl groups excluding tert-OH is 1. The van der Waals surface area contributed by atoms with Crippen LogP contribution in [0.2, 0.25) is 0 Å². The van der Waals surface area contributed by atoms with Gasteiger partial charge in [0, 0.05) is 28.6 Å². The van der Waals surface area contributed by atoms with Crippen LogP contribution in [0.25, 0.3) is 6.08 Å². The van der Waals surface area contributed by atoms with Crippen molar-refractivity contribution in [3.05, 3.63) is 82.4 Å². The van der Waals surface area contributed by atoms with E-state index in [9.17, 15) is 18.3 Å². The van der Waals surface area contributed by atoms with Crippen LogP contribution in [0.5, 0.6) is 0 Å². The number of allylic oxidation sites excluding steroid dienone is 5. The second-order valence-electron chi connectivity index (χ2n) is 8.30. The van der Waals surface area contributed by atoms with Crippen LogP contribution < -0.4 is 10.0 Å². The number of rotatable bonds is 4. The molecule has 2 aliphatic rings. The Morgan fingerprint density at radius 1 is 1.13 bits per heavy atom. The zero-order valence-corrected chi connectivity index (χ0v) is 18.6. The van der Waals surface area contributed by atoms with Gasteiger partial charge in [0.15, 0.2) is 0 Å². The fourth-order valence-corrected chi connectivity index (χ4v) is 3.53. The first-order valence-electron chi connectivity index (χ1n) is 9.62. The number of sulfonamides is 1. The predicted octanol–water partition coefficient (Wildman–Crippen LogP) is 3.84. The minimum Gasteiger partial charge on any atom is -0.505 e. The average Bonchev–Trinajstić information content (AvgIpc) is 2.67. The standard InChI is InChI=1S/C23H25N3O4S/c1-23(2,3)19-14-16(21(27)20(25-19)18-6-5-13-24-22(18)28)10-7-15-8-11-17(12-9-15)26-31(4,29)30/h5-14,25-27H,1-4H3. The zero-order chi connectivity index (χ0) is 22.8. The Kier molecular flexibility index (Phi) is 6.03. The maximum Gasteiger partial charge on any atom is 0.279 e. The maximum absolute atomic E-state index is 12.2. The first-order valence-corrected chi connectivity index (χ1v) is 11.5. The van der Waals surface area contributed by atoms with Crippen molar-refractivity contribution in [2.24, 2.45) is 10.4 Å². The third kappa shape index (κ3) is 5.61. The molecule has 0 atom stereocenters. The van der Waals surface area contributed by atoms with Gasteiger partial charge >= 0.3 is 0 Å². The number of carbonyl (C=O) groups excluding carboxylic acids is 1. The number of aliphatic hydroxyl groups is 1. The Morgan fingerprint density at radius 3 is 2.39 bits per heavy atom. The highest BCUT2D eigenvalue weighted by molar-refractivity contribution is 7.92. The van der Waals surface area contributed by atoms with Gasteiger partial charge in [0.25, 0.3) is 5.91 Å². The van der Waals surface area contributed by atoms with Gasteiger partial charge in [-0.25, -0.2) is 13.4 Å². The average molecular weight is 440 g/mol. The first-order chi connectivity index (χ1) is 14.4. The number of amides is 1. The highest BCUT2D eigenvalue weighted by Gasteiger charge is 2.27. The molecule has 0 aliphatic carbocycles. The molecule has 0 radical (unpaired) electrons. The molecule has 31 heavy (non-hydrogen) atoms. The highest BCUT2D eigenvalue weighted by Crippen LogP contribution is 2.33. The lowest BCUT2D eigenvalue weighted by Crippen LogP contribution is -2.30. The second-order valence-corrected chi connectivity index (χ2v) is 10.0. The van der Waals surface area contributed by atoms with Crippen LogP contribution in [0.15, 0.2) is 81.9 Å². The van der Waals surface area contributed by atoms with Crippen molar-refractivity contribution in [2.75, 3.05) is 11.0 Å². The van der Waals surface area contributed by atoms with E-state index in [-0.39, 0.29) is 16.7 Å². The normalized spacial score (nSPS) is 19.6. The van der Waals surface area contributed by atoms with Crippen molar-refractivity contribution in [2.45, 2.75) is 20.8 Å². The van der Waals surface area contributed by atoms with Crippen LogP contribution in [-0.4, -0.2) is 31.9 Å². The lowest BCUT2D eigenvalue weighted by atomic mass is 9.87. The van der Waals surface area contributed by atoms with Gasteiger partial charge in [-0.15, -0.1) is 0 Å². The van der Waals surface area contributed by atoms with Crippen molar-refractivity contribution in [3.8, 4) is 0 Å². The van der Waals surface area contributed by atoms with Gasteiger partial charge in [-0.2, -0.15) is 0 Å². The molecule has 3 rings (SSSR count). The smallest absolute Gasteiger partial charge is 0.279 e. The molecular weight excluding hydrogens is 414 g/mol.